The van der Waals surface area contributed by atoms with E-state index in [1.807, 2.05) is 0 Å². The number of benzene rings is 1. The first-order valence-corrected chi connectivity index (χ1v) is 13.6. The number of nitrogens with one attached hydrogen (secondary N) is 1. The van der Waals surface area contributed by atoms with E-state index in [1.54, 1.807) is 6.07 Å². The summed E-state index contributed by atoms with van der Waals surface area (Å²) in [5.41, 5.74) is -1.79. The number of hydrogen-bond donors (Lipinski definition) is 2. The molecule has 0 aliphatic heterocycles. The number of anilines is 1. The molecule has 17 nitrogen and oxygen atoms in total. The lowest BCUT2D eigenvalue weighted by molar-refractivity contribution is -0.385. The molecule has 2 aromatic rings. The Balaban J connectivity index is 2.10. The second-order valence-corrected chi connectivity index (χ2v) is 10.8. The minimum atomic E-state index is -4.26. The summed E-state index contributed by atoms with van der Waals surface area (Å²) >= 11 is 0. The van der Waals surface area contributed by atoms with Crippen LogP contribution >= 0.6 is 0 Å². The standard InChI is InChI=1S/C21H16N6O11S2/c1-40(36,37)21-24-18(23-15(20(28)29)8-11-2-6-14(7-3-11)39(34)35)17(27(32)33)19(25-21)38-13-5-4-12(10-22)16(9-13)26(30)31/h2-6,9,15H,7-8H2,1H3,(H,28,29)(H,23,24,25). The zero-order chi connectivity index (χ0) is 29.8. The van der Waals surface area contributed by atoms with Crippen molar-refractivity contribution in [2.45, 2.75) is 24.0 Å². The number of rotatable bonds is 10. The number of carbonyl (C=O) groups is 1. The van der Waals surface area contributed by atoms with Crippen LogP contribution in [0.15, 0.2) is 47.2 Å². The molecule has 1 aliphatic rings. The van der Waals surface area contributed by atoms with Gasteiger partial charge in [0.05, 0.1) is 20.8 Å². The normalized spacial score (nSPS) is 13.5. The van der Waals surface area contributed by atoms with E-state index in [4.69, 9.17) is 10.00 Å². The van der Waals surface area contributed by atoms with Crippen LogP contribution in [-0.4, -0.2) is 64.9 Å². The quantitative estimate of drug-likeness (QED) is 0.171. The summed E-state index contributed by atoms with van der Waals surface area (Å²) in [5, 5.41) is 43.4. The summed E-state index contributed by atoms with van der Waals surface area (Å²) in [7, 11) is -6.74. The molecule has 1 atom stereocenters. The van der Waals surface area contributed by atoms with Gasteiger partial charge in [-0.25, -0.2) is 13.2 Å². The monoisotopic (exact) mass is 592 g/mol. The lowest BCUT2D eigenvalue weighted by Crippen LogP contribution is -2.31. The number of nitrogens with zero attached hydrogens (tertiary/aromatic N) is 5. The molecule has 0 fully saturated rings. The summed E-state index contributed by atoms with van der Waals surface area (Å²) in [6, 6.07) is 2.77. The molecule has 2 N–H and O–H groups in total. The molecule has 0 bridgehead atoms. The van der Waals surface area contributed by atoms with Gasteiger partial charge in [-0.05, 0) is 23.8 Å². The van der Waals surface area contributed by atoms with E-state index < -0.39 is 76.0 Å². The van der Waals surface area contributed by atoms with Gasteiger partial charge in [0, 0.05) is 19.1 Å². The Morgan fingerprint density at radius 2 is 1.95 bits per heavy atom. The predicted molar refractivity (Wildman–Crippen MR) is 135 cm³/mol. The number of ether oxygens (including phenoxy) is 1. The van der Waals surface area contributed by atoms with Gasteiger partial charge in [0.15, 0.2) is 0 Å². The van der Waals surface area contributed by atoms with Crippen molar-refractivity contribution in [2.75, 3.05) is 11.6 Å². The van der Waals surface area contributed by atoms with Gasteiger partial charge in [-0.1, -0.05) is 12.2 Å². The van der Waals surface area contributed by atoms with Crippen molar-refractivity contribution in [2.24, 2.45) is 0 Å². The second-order valence-electron chi connectivity index (χ2n) is 7.94. The van der Waals surface area contributed by atoms with Crippen LogP contribution in [-0.2, 0) is 24.9 Å². The summed E-state index contributed by atoms with van der Waals surface area (Å²) < 4.78 is 51.9. The third kappa shape index (κ3) is 6.80. The average molecular weight is 593 g/mol. The predicted octanol–water partition coefficient (Wildman–Crippen LogP) is 1.55. The summed E-state index contributed by atoms with van der Waals surface area (Å²) in [6.07, 6.45) is 4.37. The second kappa shape index (κ2) is 11.7. The molecule has 3 rings (SSSR count). The SMILES string of the molecule is CS(=O)(=O)c1nc(NC(CC2=CCC(=S(=O)=O)C=C2)C(=O)O)c([N+](=O)[O-])c(Oc2ccc(C#N)c([N+](=O)[O-])c2)n1. The Bertz CT molecular complexity index is 1780. The summed E-state index contributed by atoms with van der Waals surface area (Å²) in [4.78, 5) is 40.5. The van der Waals surface area contributed by atoms with Crippen molar-refractivity contribution < 1.29 is 41.3 Å². The highest BCUT2D eigenvalue weighted by atomic mass is 32.2. The van der Waals surface area contributed by atoms with E-state index >= 15 is 0 Å². The van der Waals surface area contributed by atoms with Gasteiger partial charge in [0.2, 0.25) is 25.9 Å². The first-order chi connectivity index (χ1) is 18.7. The molecule has 0 radical (unpaired) electrons. The van der Waals surface area contributed by atoms with Crippen LogP contribution in [0.5, 0.6) is 11.6 Å². The maximum atomic E-state index is 12.2. The van der Waals surface area contributed by atoms with Gasteiger partial charge in [-0.2, -0.15) is 23.6 Å². The van der Waals surface area contributed by atoms with Gasteiger partial charge < -0.3 is 15.2 Å². The zero-order valence-electron chi connectivity index (χ0n) is 20.0. The molecule has 19 heteroatoms. The highest BCUT2D eigenvalue weighted by molar-refractivity contribution is 7.90. The number of sulfone groups is 1. The number of nitro groups is 2. The Labute approximate surface area is 225 Å². The van der Waals surface area contributed by atoms with E-state index in [0.29, 0.717) is 11.8 Å². The van der Waals surface area contributed by atoms with Crippen LogP contribution in [0.1, 0.15) is 18.4 Å². The Kier molecular flexibility index (Phi) is 8.56. The molecule has 0 saturated carbocycles. The summed E-state index contributed by atoms with van der Waals surface area (Å²) in [6.45, 7) is 0. The Morgan fingerprint density at radius 1 is 1.25 bits per heavy atom. The van der Waals surface area contributed by atoms with Gasteiger partial charge >= 0.3 is 17.5 Å². The van der Waals surface area contributed by atoms with Crippen LogP contribution in [0.25, 0.3) is 0 Å². The lowest BCUT2D eigenvalue weighted by atomic mass is 10.00. The van der Waals surface area contributed by atoms with Crippen LogP contribution in [0.4, 0.5) is 17.2 Å². The highest BCUT2D eigenvalue weighted by Gasteiger charge is 2.33. The van der Waals surface area contributed by atoms with Crippen molar-refractivity contribution in [3.63, 3.8) is 0 Å². The topological polar surface area (TPSA) is 263 Å². The van der Waals surface area contributed by atoms with Gasteiger partial charge in [-0.15, -0.1) is 0 Å². The highest BCUT2D eigenvalue weighted by Crippen LogP contribution is 2.37. The molecule has 208 valence electrons. The number of allylic oxidation sites excluding steroid dienone is 3. The molecular formula is C21H16N6O11S2. The average Bonchev–Trinajstić information content (AvgIpc) is 2.87. The smallest absolute Gasteiger partial charge is 0.373 e. The largest absolute Gasteiger partial charge is 0.480 e. The zero-order valence-corrected chi connectivity index (χ0v) is 21.7. The fraction of sp³-hybridized carbons (Fsp3) is 0.190. The van der Waals surface area contributed by atoms with Crippen LogP contribution in [0, 0.1) is 31.6 Å². The fourth-order valence-corrected chi connectivity index (χ4v) is 4.20. The van der Waals surface area contributed by atoms with Crippen LogP contribution < -0.4 is 10.1 Å². The molecule has 0 spiro atoms. The molecule has 1 aromatic heterocycles. The van der Waals surface area contributed by atoms with E-state index in [1.165, 1.54) is 18.2 Å². The molecule has 1 aliphatic carbocycles. The molecule has 40 heavy (non-hydrogen) atoms. The number of nitro benzene ring substituents is 1. The third-order valence-corrected chi connectivity index (χ3v) is 6.74. The lowest BCUT2D eigenvalue weighted by Gasteiger charge is -2.18. The van der Waals surface area contributed by atoms with Crippen molar-refractivity contribution in [1.29, 1.82) is 5.26 Å². The van der Waals surface area contributed by atoms with E-state index in [2.05, 4.69) is 15.3 Å². The van der Waals surface area contributed by atoms with Crippen molar-refractivity contribution in [3.8, 4) is 17.7 Å². The van der Waals surface area contributed by atoms with Gasteiger partial charge in [0.1, 0.15) is 23.4 Å². The fourth-order valence-electron chi connectivity index (χ4n) is 3.29. The molecule has 1 heterocycles. The van der Waals surface area contributed by atoms with Crippen molar-refractivity contribution in [1.82, 2.24) is 9.97 Å². The number of aromatic nitrogens is 2. The first kappa shape index (κ1) is 29.3. The van der Waals surface area contributed by atoms with E-state index in [9.17, 15) is 47.0 Å². The Morgan fingerprint density at radius 3 is 2.45 bits per heavy atom. The first-order valence-electron chi connectivity index (χ1n) is 10.7. The molecule has 1 aromatic carbocycles. The summed E-state index contributed by atoms with van der Waals surface area (Å²) in [5.74, 6) is -3.78. The Hall–Kier alpha value is -5.22. The van der Waals surface area contributed by atoms with Crippen molar-refractivity contribution in [3.05, 3.63) is 67.8 Å². The van der Waals surface area contributed by atoms with Crippen LogP contribution in [0.2, 0.25) is 0 Å². The third-order valence-electron chi connectivity index (χ3n) is 5.16. The van der Waals surface area contributed by atoms with Crippen molar-refractivity contribution >= 4 is 48.2 Å². The number of hydrogen-bond acceptors (Lipinski definition) is 14. The number of carboxylic acid groups (broad SMARTS) is 1. The molecular weight excluding hydrogens is 576 g/mol. The maximum absolute atomic E-state index is 12.2. The minimum Gasteiger partial charge on any atom is -0.480 e. The van der Waals surface area contributed by atoms with Gasteiger partial charge in [0.25, 0.3) is 10.8 Å². The number of aliphatic carboxylic acids is 1. The van der Waals surface area contributed by atoms with Crippen LogP contribution in [0.3, 0.4) is 0 Å². The van der Waals surface area contributed by atoms with Gasteiger partial charge in [-0.3, -0.25) is 20.2 Å². The minimum absolute atomic E-state index is 0.0190. The van der Waals surface area contributed by atoms with E-state index in [-0.39, 0.29) is 23.3 Å². The maximum Gasteiger partial charge on any atom is 0.373 e. The molecule has 1 unspecified atom stereocenters. The number of nitriles is 1. The van der Waals surface area contributed by atoms with E-state index in [0.717, 1.165) is 18.2 Å². The molecule has 0 amide bonds. The number of carboxylic acids is 1. The molecule has 0 saturated heterocycles.